The first-order chi connectivity index (χ1) is 12.5. The van der Waals surface area contributed by atoms with Gasteiger partial charge >= 0.3 is 0 Å². The molecule has 0 radical (unpaired) electrons. The zero-order valence-corrected chi connectivity index (χ0v) is 16.7. The van der Waals surface area contributed by atoms with E-state index in [9.17, 15) is 4.79 Å². The molecule has 26 heavy (non-hydrogen) atoms. The number of rotatable bonds is 3. The van der Waals surface area contributed by atoms with Crippen molar-refractivity contribution in [1.82, 2.24) is 24.4 Å². The lowest BCUT2D eigenvalue weighted by Gasteiger charge is -2.38. The number of anilines is 1. The Morgan fingerprint density at radius 1 is 1.19 bits per heavy atom. The van der Waals surface area contributed by atoms with Crippen LogP contribution in [0.5, 0.6) is 0 Å². The molecule has 2 aromatic rings. The van der Waals surface area contributed by atoms with Crippen molar-refractivity contribution in [2.45, 2.75) is 27.2 Å². The number of hydrogen-bond acceptors (Lipinski definition) is 6. The van der Waals surface area contributed by atoms with Crippen molar-refractivity contribution in [2.75, 3.05) is 50.7 Å². The largest absolute Gasteiger partial charge is 0.344 e. The third-order valence-electron chi connectivity index (χ3n) is 5.38. The van der Waals surface area contributed by atoms with Crippen molar-refractivity contribution in [2.24, 2.45) is 11.8 Å². The van der Waals surface area contributed by atoms with Gasteiger partial charge in [0.25, 0.3) is 0 Å². The van der Waals surface area contributed by atoms with Crippen LogP contribution in [0.1, 0.15) is 26.0 Å². The molecule has 2 aliphatic heterocycles. The first-order valence-electron chi connectivity index (χ1n) is 9.56. The standard InChI is InChI=1S/C18H28N6OS/c1-13-8-14(2)10-23(9-13)16(25)12-21-4-6-22(7-5-21)18-20-24-11-15(3)19-17(24)26-18/h11,13-14H,4-10,12H2,1-3H3. The van der Waals surface area contributed by atoms with Gasteiger partial charge in [-0.1, -0.05) is 25.2 Å². The Balaban J connectivity index is 1.30. The number of carbonyl (C=O) groups is 1. The van der Waals surface area contributed by atoms with Crippen LogP contribution < -0.4 is 4.90 Å². The molecule has 0 spiro atoms. The molecule has 7 nitrogen and oxygen atoms in total. The van der Waals surface area contributed by atoms with E-state index in [1.54, 1.807) is 11.3 Å². The van der Waals surface area contributed by atoms with E-state index in [4.69, 9.17) is 0 Å². The summed E-state index contributed by atoms with van der Waals surface area (Å²) in [5.41, 5.74) is 1.000. The zero-order chi connectivity index (χ0) is 18.3. The number of carbonyl (C=O) groups excluding carboxylic acids is 1. The lowest BCUT2D eigenvalue weighted by atomic mass is 9.92. The summed E-state index contributed by atoms with van der Waals surface area (Å²) >= 11 is 1.64. The van der Waals surface area contributed by atoms with Gasteiger partial charge in [0.2, 0.25) is 16.0 Å². The Morgan fingerprint density at radius 3 is 2.54 bits per heavy atom. The van der Waals surface area contributed by atoms with Crippen molar-refractivity contribution < 1.29 is 4.79 Å². The molecule has 1 amide bonds. The van der Waals surface area contributed by atoms with Gasteiger partial charge in [-0.05, 0) is 25.2 Å². The highest BCUT2D eigenvalue weighted by atomic mass is 32.1. The molecular weight excluding hydrogens is 348 g/mol. The third-order valence-corrected chi connectivity index (χ3v) is 6.36. The van der Waals surface area contributed by atoms with E-state index >= 15 is 0 Å². The zero-order valence-electron chi connectivity index (χ0n) is 15.9. The molecule has 0 N–H and O–H groups in total. The second-order valence-electron chi connectivity index (χ2n) is 8.00. The number of piperazine rings is 1. The average molecular weight is 377 g/mol. The van der Waals surface area contributed by atoms with E-state index < -0.39 is 0 Å². The Morgan fingerprint density at radius 2 is 1.88 bits per heavy atom. The maximum Gasteiger partial charge on any atom is 0.236 e. The van der Waals surface area contributed by atoms with Crippen molar-refractivity contribution >= 4 is 27.3 Å². The number of fused-ring (bicyclic) bond motifs is 1. The fourth-order valence-corrected chi connectivity index (χ4v) is 5.16. The average Bonchev–Trinajstić information content (AvgIpc) is 3.12. The summed E-state index contributed by atoms with van der Waals surface area (Å²) in [5.74, 6) is 1.53. The van der Waals surface area contributed by atoms with Gasteiger partial charge in [0.1, 0.15) is 0 Å². The molecule has 142 valence electrons. The maximum absolute atomic E-state index is 12.7. The summed E-state index contributed by atoms with van der Waals surface area (Å²) in [6.07, 6.45) is 3.20. The number of imidazole rings is 1. The van der Waals surface area contributed by atoms with Crippen molar-refractivity contribution in [3.8, 4) is 0 Å². The molecule has 0 aromatic carbocycles. The van der Waals surface area contributed by atoms with Gasteiger partial charge in [0.05, 0.1) is 18.4 Å². The monoisotopic (exact) mass is 376 g/mol. The van der Waals surface area contributed by atoms with Gasteiger partial charge in [-0.25, -0.2) is 9.50 Å². The number of nitrogens with zero attached hydrogens (tertiary/aromatic N) is 6. The molecule has 2 fully saturated rings. The first kappa shape index (κ1) is 17.7. The summed E-state index contributed by atoms with van der Waals surface area (Å²) in [7, 11) is 0. The molecule has 2 saturated heterocycles. The molecule has 4 heterocycles. The van der Waals surface area contributed by atoms with Crippen LogP contribution in [0.4, 0.5) is 5.13 Å². The predicted octanol–water partition coefficient (Wildman–Crippen LogP) is 1.73. The summed E-state index contributed by atoms with van der Waals surface area (Å²) in [5, 5.41) is 5.66. The number of aryl methyl sites for hydroxylation is 1. The quantitative estimate of drug-likeness (QED) is 0.817. The van der Waals surface area contributed by atoms with Crippen LogP contribution in [0.3, 0.4) is 0 Å². The minimum atomic E-state index is 0.292. The number of amides is 1. The van der Waals surface area contributed by atoms with Crippen molar-refractivity contribution in [3.63, 3.8) is 0 Å². The molecule has 0 aliphatic carbocycles. The maximum atomic E-state index is 12.7. The Labute approximate surface area is 158 Å². The minimum Gasteiger partial charge on any atom is -0.344 e. The van der Waals surface area contributed by atoms with E-state index in [1.807, 2.05) is 17.6 Å². The molecule has 2 aromatic heterocycles. The van der Waals surface area contributed by atoms with Gasteiger partial charge in [0.15, 0.2) is 0 Å². The van der Waals surface area contributed by atoms with E-state index in [0.717, 1.165) is 55.1 Å². The van der Waals surface area contributed by atoms with Crippen LogP contribution in [0.2, 0.25) is 0 Å². The van der Waals surface area contributed by atoms with Gasteiger partial charge in [-0.15, -0.1) is 5.10 Å². The van der Waals surface area contributed by atoms with E-state index in [2.05, 4.69) is 38.6 Å². The lowest BCUT2D eigenvalue weighted by molar-refractivity contribution is -0.135. The van der Waals surface area contributed by atoms with Gasteiger partial charge < -0.3 is 9.80 Å². The summed E-state index contributed by atoms with van der Waals surface area (Å²) in [6.45, 7) is 12.5. The minimum absolute atomic E-state index is 0.292. The van der Waals surface area contributed by atoms with Crippen molar-refractivity contribution in [3.05, 3.63) is 11.9 Å². The van der Waals surface area contributed by atoms with Crippen molar-refractivity contribution in [1.29, 1.82) is 0 Å². The number of aromatic nitrogens is 3. The molecule has 4 rings (SSSR count). The molecule has 2 unspecified atom stereocenters. The fourth-order valence-electron chi connectivity index (χ4n) is 4.18. The predicted molar refractivity (Wildman–Crippen MR) is 104 cm³/mol. The second kappa shape index (κ2) is 7.15. The topological polar surface area (TPSA) is 57.0 Å². The lowest BCUT2D eigenvalue weighted by Crippen LogP contribution is -2.52. The second-order valence-corrected chi connectivity index (χ2v) is 8.94. The highest BCUT2D eigenvalue weighted by Crippen LogP contribution is 2.24. The van der Waals surface area contributed by atoms with E-state index in [-0.39, 0.29) is 0 Å². The Hall–Kier alpha value is -1.67. The van der Waals surface area contributed by atoms with Gasteiger partial charge in [0, 0.05) is 39.3 Å². The SMILES string of the molecule is Cc1cn2nc(N3CCN(CC(=O)N4CC(C)CC(C)C4)CC3)sc2n1. The van der Waals surface area contributed by atoms with Crippen LogP contribution >= 0.6 is 11.3 Å². The van der Waals surface area contributed by atoms with Crippen LogP contribution in [-0.2, 0) is 4.79 Å². The Kier molecular flexibility index (Phi) is 4.88. The Bertz CT molecular complexity index is 736. The van der Waals surface area contributed by atoms with Crippen LogP contribution in [0.25, 0.3) is 4.96 Å². The normalized spacial score (nSPS) is 25.2. The molecular formula is C18H28N6OS. The highest BCUT2D eigenvalue weighted by Gasteiger charge is 2.28. The summed E-state index contributed by atoms with van der Waals surface area (Å²) < 4.78 is 1.87. The first-order valence-corrected chi connectivity index (χ1v) is 10.4. The summed E-state index contributed by atoms with van der Waals surface area (Å²) in [6, 6.07) is 0. The molecule has 0 bridgehead atoms. The molecule has 8 heteroatoms. The van der Waals surface area contributed by atoms with Gasteiger partial charge in [-0.2, -0.15) is 0 Å². The number of hydrogen-bond donors (Lipinski definition) is 0. The van der Waals surface area contributed by atoms with E-state index in [0.29, 0.717) is 24.3 Å². The van der Waals surface area contributed by atoms with E-state index in [1.165, 1.54) is 6.42 Å². The number of likely N-dealkylation sites (tertiary alicyclic amines) is 1. The van der Waals surface area contributed by atoms with Gasteiger partial charge in [-0.3, -0.25) is 9.69 Å². The summed E-state index contributed by atoms with van der Waals surface area (Å²) in [4.78, 5) is 24.8. The number of piperidine rings is 1. The van der Waals surface area contributed by atoms with Crippen LogP contribution in [0, 0.1) is 18.8 Å². The van der Waals surface area contributed by atoms with Crippen LogP contribution in [0.15, 0.2) is 6.20 Å². The third kappa shape index (κ3) is 3.71. The molecule has 0 saturated carbocycles. The van der Waals surface area contributed by atoms with Crippen LogP contribution in [-0.4, -0.2) is 76.1 Å². The smallest absolute Gasteiger partial charge is 0.236 e. The fraction of sp³-hybridized carbons (Fsp3) is 0.722. The molecule has 2 aliphatic rings. The molecule has 2 atom stereocenters. The highest BCUT2D eigenvalue weighted by molar-refractivity contribution is 7.20.